The molecule has 0 heterocycles. The van der Waals surface area contributed by atoms with Gasteiger partial charge in [-0.1, -0.05) is 449 Å². The third-order valence-corrected chi connectivity index (χ3v) is 20.5. The summed E-state index contributed by atoms with van der Waals surface area (Å²) in [5.41, 5.74) is 0. The van der Waals surface area contributed by atoms with Crippen molar-refractivity contribution >= 4 is 11.9 Å². The molecule has 2 unspecified atom stereocenters. The molecule has 0 aromatic carbocycles. The predicted molar refractivity (Wildman–Crippen MR) is 412 cm³/mol. The van der Waals surface area contributed by atoms with Crippen molar-refractivity contribution < 1.29 is 24.5 Å². The number of aliphatic hydroxyl groups is 2. The maximum absolute atomic E-state index is 12.6. The number of carbonyl (C=O) groups is 2. The zero-order valence-electron chi connectivity index (χ0n) is 63.5. The molecule has 0 rings (SSSR count). The summed E-state index contributed by atoms with van der Waals surface area (Å²) in [5.74, 6) is -0.0329. The molecule has 552 valence electrons. The minimum Gasteiger partial charge on any atom is -0.466 e. The Morgan fingerprint density at radius 2 is 0.505 bits per heavy atom. The smallest absolute Gasteiger partial charge is 0.305 e. The second-order valence-electron chi connectivity index (χ2n) is 29.9. The number of hydrogen-bond donors (Lipinski definition) is 3. The summed E-state index contributed by atoms with van der Waals surface area (Å²) in [4.78, 5) is 24.7. The molecule has 6 nitrogen and oxygen atoms in total. The first-order valence-corrected chi connectivity index (χ1v) is 43.1. The number of carbonyl (C=O) groups excluding carboxylic acids is 2. The lowest BCUT2D eigenvalue weighted by atomic mass is 10.0. The van der Waals surface area contributed by atoms with Gasteiger partial charge in [0.2, 0.25) is 5.91 Å². The van der Waals surface area contributed by atoms with Gasteiger partial charge in [-0.2, -0.15) is 0 Å². The van der Waals surface area contributed by atoms with Crippen LogP contribution >= 0.6 is 0 Å². The molecular formula is C87H169NO5. The number of aliphatic hydroxyl groups excluding tert-OH is 2. The van der Waals surface area contributed by atoms with Crippen molar-refractivity contribution in [3.05, 3.63) is 24.3 Å². The van der Waals surface area contributed by atoms with Gasteiger partial charge in [0.05, 0.1) is 25.4 Å². The average Bonchev–Trinajstić information content (AvgIpc) is 3.78. The van der Waals surface area contributed by atoms with Gasteiger partial charge in [-0.05, 0) is 57.8 Å². The first kappa shape index (κ1) is 91.3. The zero-order chi connectivity index (χ0) is 67.0. The van der Waals surface area contributed by atoms with Gasteiger partial charge in [0.25, 0.3) is 0 Å². The molecule has 0 aliphatic heterocycles. The lowest BCUT2D eigenvalue weighted by Crippen LogP contribution is -2.45. The molecule has 0 aromatic rings. The molecule has 93 heavy (non-hydrogen) atoms. The fraction of sp³-hybridized carbons (Fsp3) is 0.931. The Hall–Kier alpha value is -1.66. The molecule has 0 aromatic heterocycles. The Balaban J connectivity index is 3.35. The number of rotatable bonds is 82. The molecule has 0 radical (unpaired) electrons. The lowest BCUT2D eigenvalue weighted by Gasteiger charge is -2.20. The van der Waals surface area contributed by atoms with Gasteiger partial charge in [-0.25, -0.2) is 0 Å². The van der Waals surface area contributed by atoms with Crippen LogP contribution in [-0.2, 0) is 14.3 Å². The van der Waals surface area contributed by atoms with Gasteiger partial charge < -0.3 is 20.3 Å². The normalized spacial score (nSPS) is 12.5. The summed E-state index contributed by atoms with van der Waals surface area (Å²) in [6.45, 7) is 4.97. The summed E-state index contributed by atoms with van der Waals surface area (Å²) in [6, 6.07) is -0.626. The summed E-state index contributed by atoms with van der Waals surface area (Å²) < 4.78 is 5.51. The molecule has 3 N–H and O–H groups in total. The zero-order valence-corrected chi connectivity index (χ0v) is 63.5. The minimum atomic E-state index is -0.843. The highest BCUT2D eigenvalue weighted by molar-refractivity contribution is 5.76. The van der Waals surface area contributed by atoms with Gasteiger partial charge in [0.1, 0.15) is 0 Å². The van der Waals surface area contributed by atoms with Crippen LogP contribution in [0.4, 0.5) is 0 Å². The third kappa shape index (κ3) is 79.2. The topological polar surface area (TPSA) is 95.9 Å². The number of allylic oxidation sites excluding steroid dienone is 3. The maximum atomic E-state index is 12.6. The van der Waals surface area contributed by atoms with Crippen LogP contribution < -0.4 is 5.32 Å². The fourth-order valence-corrected chi connectivity index (χ4v) is 13.9. The van der Waals surface area contributed by atoms with E-state index in [0.717, 1.165) is 38.5 Å². The highest BCUT2D eigenvalue weighted by Gasteiger charge is 2.18. The van der Waals surface area contributed by atoms with Gasteiger partial charge >= 0.3 is 5.97 Å². The first-order valence-electron chi connectivity index (χ1n) is 43.1. The van der Waals surface area contributed by atoms with E-state index in [4.69, 9.17) is 4.74 Å². The van der Waals surface area contributed by atoms with Crippen molar-refractivity contribution in [2.75, 3.05) is 13.2 Å². The second-order valence-corrected chi connectivity index (χ2v) is 29.9. The number of ether oxygens (including phenoxy) is 1. The van der Waals surface area contributed by atoms with Crippen molar-refractivity contribution in [3.8, 4) is 0 Å². The maximum Gasteiger partial charge on any atom is 0.305 e. The second kappa shape index (κ2) is 82.8. The Kier molecular flexibility index (Phi) is 81.3. The van der Waals surface area contributed by atoms with E-state index in [1.165, 1.54) is 430 Å². The molecule has 0 saturated heterocycles. The molecule has 2 atom stereocenters. The first-order chi connectivity index (χ1) is 46.0. The number of unbranched alkanes of at least 4 members (excludes halogenated alkanes) is 69. The molecular weight excluding hydrogens is 1140 g/mol. The van der Waals surface area contributed by atoms with E-state index < -0.39 is 12.1 Å². The Morgan fingerprint density at radius 3 is 0.763 bits per heavy atom. The molecule has 0 aliphatic carbocycles. The van der Waals surface area contributed by atoms with Crippen molar-refractivity contribution in [1.82, 2.24) is 5.32 Å². The molecule has 0 spiro atoms. The van der Waals surface area contributed by atoms with Crippen LogP contribution in [-0.4, -0.2) is 47.4 Å². The quantitative estimate of drug-likeness (QED) is 0.0320. The summed E-state index contributed by atoms with van der Waals surface area (Å²) in [6.07, 6.45) is 108. The van der Waals surface area contributed by atoms with E-state index in [1.807, 2.05) is 6.08 Å². The molecule has 0 fully saturated rings. The molecule has 1 amide bonds. The van der Waals surface area contributed by atoms with Crippen molar-refractivity contribution in [1.29, 1.82) is 0 Å². The molecule has 0 bridgehead atoms. The SMILES string of the molecule is CCCCCCCCCCCCCCCCCCCCCCCC/C=C/C(O)C(CO)NC(=O)CCCCCCCCCCCCCCCCCCC/C=C\CCCCCCCCCCCCCCCCCCOC(=O)CCCCCCCCCCCCCCCCC. The van der Waals surface area contributed by atoms with Crippen molar-refractivity contribution in [2.24, 2.45) is 0 Å². The van der Waals surface area contributed by atoms with Crippen LogP contribution in [0.5, 0.6) is 0 Å². The van der Waals surface area contributed by atoms with Gasteiger partial charge in [0.15, 0.2) is 0 Å². The molecule has 0 aliphatic rings. The lowest BCUT2D eigenvalue weighted by molar-refractivity contribution is -0.143. The fourth-order valence-electron chi connectivity index (χ4n) is 13.9. The van der Waals surface area contributed by atoms with E-state index in [2.05, 4.69) is 31.3 Å². The van der Waals surface area contributed by atoms with Gasteiger partial charge in [-0.3, -0.25) is 9.59 Å². The van der Waals surface area contributed by atoms with Crippen LogP contribution in [0.2, 0.25) is 0 Å². The number of nitrogens with one attached hydrogen (secondary N) is 1. The van der Waals surface area contributed by atoms with Crippen molar-refractivity contribution in [2.45, 2.75) is 508 Å². The average molecular weight is 1310 g/mol. The van der Waals surface area contributed by atoms with Gasteiger partial charge in [0, 0.05) is 12.8 Å². The monoisotopic (exact) mass is 1310 g/mol. The third-order valence-electron chi connectivity index (χ3n) is 20.5. The number of hydrogen-bond acceptors (Lipinski definition) is 5. The highest BCUT2D eigenvalue weighted by Crippen LogP contribution is 2.21. The van der Waals surface area contributed by atoms with Crippen LogP contribution in [0, 0.1) is 0 Å². The number of esters is 1. The van der Waals surface area contributed by atoms with Crippen LogP contribution in [0.15, 0.2) is 24.3 Å². The predicted octanol–water partition coefficient (Wildman–Crippen LogP) is 28.8. The summed E-state index contributed by atoms with van der Waals surface area (Å²) >= 11 is 0. The Labute approximate surface area is 583 Å². The molecule has 0 saturated carbocycles. The van der Waals surface area contributed by atoms with Crippen LogP contribution in [0.3, 0.4) is 0 Å². The highest BCUT2D eigenvalue weighted by atomic mass is 16.5. The van der Waals surface area contributed by atoms with E-state index in [9.17, 15) is 19.8 Å². The summed E-state index contributed by atoms with van der Waals surface area (Å²) in [5, 5.41) is 23.3. The van der Waals surface area contributed by atoms with E-state index in [1.54, 1.807) is 6.08 Å². The van der Waals surface area contributed by atoms with E-state index in [-0.39, 0.29) is 18.5 Å². The van der Waals surface area contributed by atoms with Crippen LogP contribution in [0.25, 0.3) is 0 Å². The minimum absolute atomic E-state index is 0.0253. The largest absolute Gasteiger partial charge is 0.466 e. The van der Waals surface area contributed by atoms with Crippen LogP contribution in [0.1, 0.15) is 495 Å². The summed E-state index contributed by atoms with van der Waals surface area (Å²) in [7, 11) is 0. The van der Waals surface area contributed by atoms with Gasteiger partial charge in [-0.15, -0.1) is 0 Å². The molecule has 6 heteroatoms. The number of amides is 1. The Bertz CT molecular complexity index is 1460. The van der Waals surface area contributed by atoms with Crippen molar-refractivity contribution in [3.63, 3.8) is 0 Å². The Morgan fingerprint density at radius 1 is 0.290 bits per heavy atom. The standard InChI is InChI=1S/C87H169NO5/c1-3-5-7-9-11-13-15-17-19-20-21-22-23-39-42-45-48-52-55-59-63-67-71-75-79-85(90)84(83-89)88-86(91)80-76-72-68-64-60-56-53-49-46-43-40-37-35-33-31-29-27-25-24-26-28-30-32-34-36-38-41-44-47-50-54-58-62-66-70-74-78-82-93-87(92)81-77-73-69-65-61-57-51-18-16-14-12-10-8-6-4-2/h24,26,75,79,84-85,89-90H,3-23,25,27-74,76-78,80-83H2,1-2H3,(H,88,91)/b26-24-,79-75+. The van der Waals surface area contributed by atoms with E-state index >= 15 is 0 Å². The van der Waals surface area contributed by atoms with E-state index in [0.29, 0.717) is 19.4 Å².